The number of nitrogens with two attached hydrogens (primary N) is 1. The first kappa shape index (κ1) is 25.2. The van der Waals surface area contributed by atoms with Gasteiger partial charge in [0, 0.05) is 42.2 Å². The number of aromatic nitrogens is 5. The topological polar surface area (TPSA) is 115 Å². The van der Waals surface area contributed by atoms with Gasteiger partial charge in [-0.05, 0) is 31.5 Å². The first-order chi connectivity index (χ1) is 18.0. The summed E-state index contributed by atoms with van der Waals surface area (Å²) in [5, 5.41) is 0. The normalized spacial score (nSPS) is 20.5. The Hall–Kier alpha value is -3.51. The SMILES string of the molecule is CC[C@H]1COCCN1c1nc(-c2cccnc2-c2cnc(N)cc2C(F)F)nc(N2CCOC[C@H]2C)n1. The van der Waals surface area contributed by atoms with Gasteiger partial charge in [0.05, 0.1) is 44.2 Å². The van der Waals surface area contributed by atoms with E-state index in [0.717, 1.165) is 6.42 Å². The van der Waals surface area contributed by atoms with Gasteiger partial charge in [0.25, 0.3) is 6.43 Å². The third kappa shape index (κ3) is 5.16. The maximum atomic E-state index is 14.0. The van der Waals surface area contributed by atoms with E-state index in [4.69, 9.17) is 30.2 Å². The molecule has 0 saturated carbocycles. The molecule has 0 radical (unpaired) electrons. The number of halogens is 2. The number of rotatable bonds is 6. The summed E-state index contributed by atoms with van der Waals surface area (Å²) in [5.41, 5.74) is 6.45. The Labute approximate surface area is 213 Å². The number of alkyl halides is 2. The van der Waals surface area contributed by atoms with E-state index in [2.05, 4.69) is 33.6 Å². The molecule has 0 spiro atoms. The average Bonchev–Trinajstić information content (AvgIpc) is 2.93. The highest BCUT2D eigenvalue weighted by molar-refractivity contribution is 5.80. The minimum Gasteiger partial charge on any atom is -0.384 e. The van der Waals surface area contributed by atoms with Crippen molar-refractivity contribution >= 4 is 17.7 Å². The van der Waals surface area contributed by atoms with Crippen molar-refractivity contribution in [1.29, 1.82) is 0 Å². The summed E-state index contributed by atoms with van der Waals surface area (Å²) in [4.78, 5) is 27.2. The molecule has 12 heteroatoms. The van der Waals surface area contributed by atoms with E-state index in [-0.39, 0.29) is 29.0 Å². The highest BCUT2D eigenvalue weighted by Crippen LogP contribution is 2.36. The number of nitrogens with zero attached hydrogens (tertiary/aromatic N) is 7. The maximum Gasteiger partial charge on any atom is 0.264 e. The lowest BCUT2D eigenvalue weighted by atomic mass is 10.0. The van der Waals surface area contributed by atoms with E-state index >= 15 is 0 Å². The van der Waals surface area contributed by atoms with Crippen LogP contribution in [0.15, 0.2) is 30.6 Å². The molecule has 2 fully saturated rings. The first-order valence-electron chi connectivity index (χ1n) is 12.4. The lowest BCUT2D eigenvalue weighted by Crippen LogP contribution is -2.47. The van der Waals surface area contributed by atoms with Gasteiger partial charge in [-0.2, -0.15) is 15.0 Å². The largest absolute Gasteiger partial charge is 0.384 e. The number of morpholine rings is 2. The molecule has 3 aromatic rings. The second-order valence-corrected chi connectivity index (χ2v) is 9.10. The molecule has 5 rings (SSSR count). The fourth-order valence-electron chi connectivity index (χ4n) is 4.68. The molecule has 0 aliphatic carbocycles. The second-order valence-electron chi connectivity index (χ2n) is 9.10. The molecule has 3 aromatic heterocycles. The van der Waals surface area contributed by atoms with Crippen molar-refractivity contribution in [3.8, 4) is 22.6 Å². The van der Waals surface area contributed by atoms with Crippen molar-refractivity contribution in [2.24, 2.45) is 0 Å². The molecule has 196 valence electrons. The van der Waals surface area contributed by atoms with Crippen LogP contribution in [-0.4, -0.2) is 76.5 Å². The van der Waals surface area contributed by atoms with E-state index in [9.17, 15) is 8.78 Å². The molecule has 5 heterocycles. The monoisotopic (exact) mass is 512 g/mol. The molecule has 2 N–H and O–H groups in total. The Morgan fingerprint density at radius 2 is 1.76 bits per heavy atom. The van der Waals surface area contributed by atoms with Gasteiger partial charge < -0.3 is 25.0 Å². The maximum absolute atomic E-state index is 14.0. The van der Waals surface area contributed by atoms with Crippen LogP contribution >= 0.6 is 0 Å². The minimum atomic E-state index is -2.76. The van der Waals surface area contributed by atoms with Crippen LogP contribution in [0.1, 0.15) is 32.3 Å². The van der Waals surface area contributed by atoms with Gasteiger partial charge >= 0.3 is 0 Å². The smallest absolute Gasteiger partial charge is 0.264 e. The van der Waals surface area contributed by atoms with Crippen LogP contribution in [0.25, 0.3) is 22.6 Å². The number of anilines is 3. The van der Waals surface area contributed by atoms with Crippen molar-refractivity contribution in [2.75, 3.05) is 55.1 Å². The van der Waals surface area contributed by atoms with Gasteiger partial charge in [0.2, 0.25) is 11.9 Å². The predicted octanol–water partition coefficient (Wildman–Crippen LogP) is 3.36. The molecule has 37 heavy (non-hydrogen) atoms. The average molecular weight is 513 g/mol. The van der Waals surface area contributed by atoms with E-state index < -0.39 is 6.43 Å². The Kier molecular flexibility index (Phi) is 7.38. The van der Waals surface area contributed by atoms with Gasteiger partial charge in [-0.15, -0.1) is 0 Å². The fourth-order valence-corrected chi connectivity index (χ4v) is 4.68. The summed E-state index contributed by atoms with van der Waals surface area (Å²) in [6, 6.07) is 4.85. The minimum absolute atomic E-state index is 0.0143. The number of pyridine rings is 2. The van der Waals surface area contributed by atoms with Crippen LogP contribution in [-0.2, 0) is 9.47 Å². The lowest BCUT2D eigenvalue weighted by Gasteiger charge is -2.37. The molecule has 2 aliphatic rings. The van der Waals surface area contributed by atoms with Gasteiger partial charge in [0.1, 0.15) is 5.82 Å². The van der Waals surface area contributed by atoms with Gasteiger partial charge in [0.15, 0.2) is 5.82 Å². The van der Waals surface area contributed by atoms with E-state index in [1.54, 1.807) is 18.3 Å². The zero-order valence-corrected chi connectivity index (χ0v) is 20.8. The molecule has 10 nitrogen and oxygen atoms in total. The zero-order chi connectivity index (χ0) is 25.9. The first-order valence-corrected chi connectivity index (χ1v) is 12.4. The molecule has 0 amide bonds. The molecule has 0 unspecified atom stereocenters. The Morgan fingerprint density at radius 1 is 1.03 bits per heavy atom. The van der Waals surface area contributed by atoms with Crippen molar-refractivity contribution in [3.63, 3.8) is 0 Å². The zero-order valence-electron chi connectivity index (χ0n) is 20.8. The molecule has 2 aliphatic heterocycles. The van der Waals surface area contributed by atoms with E-state index in [1.165, 1.54) is 12.3 Å². The van der Waals surface area contributed by atoms with E-state index in [1.807, 2.05) is 0 Å². The van der Waals surface area contributed by atoms with Gasteiger partial charge in [-0.1, -0.05) is 6.92 Å². The fraction of sp³-hybridized carbons (Fsp3) is 0.480. The predicted molar refractivity (Wildman–Crippen MR) is 136 cm³/mol. The third-order valence-electron chi connectivity index (χ3n) is 6.69. The summed E-state index contributed by atoms with van der Waals surface area (Å²) in [5.74, 6) is 1.39. The molecule has 2 atom stereocenters. The van der Waals surface area contributed by atoms with E-state index in [0.29, 0.717) is 68.5 Å². The Bertz CT molecular complexity index is 1250. The van der Waals surface area contributed by atoms with Gasteiger partial charge in [-0.3, -0.25) is 4.98 Å². The number of ether oxygens (including phenoxy) is 2. The second kappa shape index (κ2) is 10.9. The van der Waals surface area contributed by atoms with Gasteiger partial charge in [-0.25, -0.2) is 13.8 Å². The number of hydrogen-bond donors (Lipinski definition) is 1. The summed E-state index contributed by atoms with van der Waals surface area (Å²) in [7, 11) is 0. The highest BCUT2D eigenvalue weighted by Gasteiger charge is 2.29. The quantitative estimate of drug-likeness (QED) is 0.527. The lowest BCUT2D eigenvalue weighted by molar-refractivity contribution is 0.0919. The van der Waals surface area contributed by atoms with Crippen LogP contribution in [0, 0.1) is 0 Å². The van der Waals surface area contributed by atoms with Crippen molar-refractivity contribution in [1.82, 2.24) is 24.9 Å². The van der Waals surface area contributed by atoms with Crippen molar-refractivity contribution in [3.05, 3.63) is 36.2 Å². The van der Waals surface area contributed by atoms with Crippen molar-refractivity contribution in [2.45, 2.75) is 38.8 Å². The molecular formula is C25H30F2N8O2. The molecule has 2 saturated heterocycles. The summed E-state index contributed by atoms with van der Waals surface area (Å²) >= 11 is 0. The van der Waals surface area contributed by atoms with Crippen LogP contribution in [0.2, 0.25) is 0 Å². The van der Waals surface area contributed by atoms with Crippen LogP contribution in [0.3, 0.4) is 0 Å². The molecule has 0 bridgehead atoms. The standard InChI is InChI=1S/C25H30F2N8O2/c1-3-16-14-37-10-8-35(16)25-32-23(31-24(33-25)34-7-9-36-13-15(34)2)17-5-4-6-29-21(17)19-12-30-20(28)11-18(19)22(26)27/h4-6,11-12,15-16,22H,3,7-10,13-14H2,1-2H3,(H2,28,30)/t15-,16+/m1/s1. The highest BCUT2D eigenvalue weighted by atomic mass is 19.3. The van der Waals surface area contributed by atoms with Crippen molar-refractivity contribution < 1.29 is 18.3 Å². The third-order valence-corrected chi connectivity index (χ3v) is 6.69. The Morgan fingerprint density at radius 3 is 2.49 bits per heavy atom. The van der Waals surface area contributed by atoms with Crippen LogP contribution in [0.5, 0.6) is 0 Å². The summed E-state index contributed by atoms with van der Waals surface area (Å²) in [6.07, 6.45) is 0.974. The van der Waals surface area contributed by atoms with Crippen LogP contribution in [0.4, 0.5) is 26.5 Å². The summed E-state index contributed by atoms with van der Waals surface area (Å²) in [6.45, 7) is 7.66. The van der Waals surface area contributed by atoms with Crippen LogP contribution < -0.4 is 15.5 Å². The molecule has 0 aromatic carbocycles. The number of hydrogen-bond acceptors (Lipinski definition) is 10. The Balaban J connectivity index is 1.67. The summed E-state index contributed by atoms with van der Waals surface area (Å²) < 4.78 is 39.3. The molecular weight excluding hydrogens is 482 g/mol. The number of nitrogen functional groups attached to an aromatic ring is 1.